The lowest BCUT2D eigenvalue weighted by atomic mass is 9.76. The quantitative estimate of drug-likeness (QED) is 0.781. The molecule has 1 N–H and O–H groups in total. The van der Waals surface area contributed by atoms with E-state index in [9.17, 15) is 14.7 Å². The molecule has 1 atom stereocenters. The van der Waals surface area contributed by atoms with Crippen molar-refractivity contribution in [2.45, 2.75) is 32.7 Å². The highest BCUT2D eigenvalue weighted by molar-refractivity contribution is 5.83. The van der Waals surface area contributed by atoms with Crippen molar-refractivity contribution in [3.05, 3.63) is 12.7 Å². The molecule has 1 unspecified atom stereocenters. The second kappa shape index (κ2) is 5.42. The lowest BCUT2D eigenvalue weighted by Crippen LogP contribution is -2.58. The van der Waals surface area contributed by atoms with Crippen molar-refractivity contribution in [2.75, 3.05) is 20.1 Å². The normalized spacial score (nSPS) is 22.4. The van der Waals surface area contributed by atoms with E-state index < -0.39 is 17.4 Å². The number of carbonyl (C=O) groups excluding carboxylic acids is 1. The summed E-state index contributed by atoms with van der Waals surface area (Å²) in [7, 11) is 1.66. The summed E-state index contributed by atoms with van der Waals surface area (Å²) in [4.78, 5) is 26.6. The van der Waals surface area contributed by atoms with E-state index in [-0.39, 0.29) is 6.03 Å². The molecule has 1 rings (SSSR count). The first-order chi connectivity index (χ1) is 8.31. The zero-order valence-corrected chi connectivity index (χ0v) is 11.3. The van der Waals surface area contributed by atoms with Gasteiger partial charge in [-0.25, -0.2) is 9.59 Å². The molecule has 0 spiro atoms. The Hall–Kier alpha value is -1.52. The molecule has 0 aromatic carbocycles. The molecule has 1 saturated heterocycles. The summed E-state index contributed by atoms with van der Waals surface area (Å²) in [5.74, 6) is -0.931. The highest BCUT2D eigenvalue weighted by Crippen LogP contribution is 2.35. The minimum Gasteiger partial charge on any atom is -0.480 e. The summed E-state index contributed by atoms with van der Waals surface area (Å²) < 4.78 is 0. The van der Waals surface area contributed by atoms with E-state index in [0.717, 1.165) is 12.8 Å². The Balaban J connectivity index is 2.94. The van der Waals surface area contributed by atoms with Crippen LogP contribution >= 0.6 is 0 Å². The van der Waals surface area contributed by atoms with Crippen molar-refractivity contribution < 1.29 is 14.7 Å². The largest absolute Gasteiger partial charge is 0.480 e. The fourth-order valence-corrected chi connectivity index (χ4v) is 2.56. The van der Waals surface area contributed by atoms with Crippen LogP contribution in [0.3, 0.4) is 0 Å². The summed E-state index contributed by atoms with van der Waals surface area (Å²) in [6.45, 7) is 8.30. The van der Waals surface area contributed by atoms with Crippen LogP contribution in [-0.2, 0) is 4.79 Å². The molecule has 0 aromatic heterocycles. The van der Waals surface area contributed by atoms with Crippen molar-refractivity contribution in [3.8, 4) is 0 Å². The molecule has 1 fully saturated rings. The number of nitrogens with zero attached hydrogens (tertiary/aromatic N) is 2. The van der Waals surface area contributed by atoms with Gasteiger partial charge in [0.05, 0.1) is 0 Å². The maximum Gasteiger partial charge on any atom is 0.327 e. The van der Waals surface area contributed by atoms with Crippen LogP contribution in [-0.4, -0.2) is 53.1 Å². The summed E-state index contributed by atoms with van der Waals surface area (Å²) in [5.41, 5.74) is -0.394. The fraction of sp³-hybridized carbons (Fsp3) is 0.692. The first-order valence-corrected chi connectivity index (χ1v) is 6.16. The lowest BCUT2D eigenvalue weighted by Gasteiger charge is -2.44. The fourth-order valence-electron chi connectivity index (χ4n) is 2.56. The molecule has 2 amide bonds. The van der Waals surface area contributed by atoms with E-state index in [4.69, 9.17) is 0 Å². The molecule has 0 bridgehead atoms. The molecule has 1 aliphatic heterocycles. The summed E-state index contributed by atoms with van der Waals surface area (Å²) in [5, 5.41) is 9.37. The van der Waals surface area contributed by atoms with Crippen molar-refractivity contribution in [1.82, 2.24) is 9.80 Å². The third-order valence-electron chi connectivity index (χ3n) is 3.48. The molecular formula is C13H22N2O3. The number of urea groups is 1. The molecule has 5 heteroatoms. The van der Waals surface area contributed by atoms with Crippen LogP contribution in [0.1, 0.15) is 26.7 Å². The number of rotatable bonds is 3. The van der Waals surface area contributed by atoms with Gasteiger partial charge in [0.2, 0.25) is 0 Å². The first-order valence-electron chi connectivity index (χ1n) is 6.16. The lowest BCUT2D eigenvalue weighted by molar-refractivity contribution is -0.148. The Labute approximate surface area is 108 Å². The van der Waals surface area contributed by atoms with Gasteiger partial charge in [-0.1, -0.05) is 19.9 Å². The number of aliphatic carboxylic acids is 1. The van der Waals surface area contributed by atoms with Gasteiger partial charge in [-0.05, 0) is 18.3 Å². The van der Waals surface area contributed by atoms with Crippen LogP contribution in [0.4, 0.5) is 4.79 Å². The standard InChI is InChI=1S/C13H22N2O3/c1-5-8-14(4)12(18)15-9-6-7-13(2,3)10(15)11(16)17/h5,10H,1,6-9H2,2-4H3,(H,16,17). The van der Waals surface area contributed by atoms with E-state index in [0.29, 0.717) is 13.1 Å². The average Bonchev–Trinajstić information content (AvgIpc) is 2.26. The number of carbonyl (C=O) groups is 2. The third-order valence-corrected chi connectivity index (χ3v) is 3.48. The number of hydrogen-bond acceptors (Lipinski definition) is 2. The van der Waals surface area contributed by atoms with Gasteiger partial charge >= 0.3 is 12.0 Å². The topological polar surface area (TPSA) is 60.9 Å². The molecule has 1 heterocycles. The monoisotopic (exact) mass is 254 g/mol. The van der Waals surface area contributed by atoms with Gasteiger partial charge in [0.15, 0.2) is 0 Å². The summed E-state index contributed by atoms with van der Waals surface area (Å²) >= 11 is 0. The van der Waals surface area contributed by atoms with Crippen LogP contribution in [0.15, 0.2) is 12.7 Å². The van der Waals surface area contributed by atoms with Crippen molar-refractivity contribution in [2.24, 2.45) is 5.41 Å². The Morgan fingerprint density at radius 3 is 2.67 bits per heavy atom. The van der Waals surface area contributed by atoms with Crippen molar-refractivity contribution in [1.29, 1.82) is 0 Å². The van der Waals surface area contributed by atoms with E-state index in [1.165, 1.54) is 9.80 Å². The molecule has 1 aliphatic rings. The number of carboxylic acids is 1. The second-order valence-corrected chi connectivity index (χ2v) is 5.48. The van der Waals surface area contributed by atoms with Crippen LogP contribution in [0.2, 0.25) is 0 Å². The van der Waals surface area contributed by atoms with E-state index in [1.807, 2.05) is 13.8 Å². The zero-order chi connectivity index (χ0) is 13.9. The van der Waals surface area contributed by atoms with Gasteiger partial charge < -0.3 is 14.9 Å². The highest BCUT2D eigenvalue weighted by atomic mass is 16.4. The zero-order valence-electron chi connectivity index (χ0n) is 11.3. The number of hydrogen-bond donors (Lipinski definition) is 1. The maximum atomic E-state index is 12.2. The minimum atomic E-state index is -0.931. The van der Waals surface area contributed by atoms with Gasteiger partial charge in [-0.15, -0.1) is 6.58 Å². The number of carboxylic acid groups (broad SMARTS) is 1. The van der Waals surface area contributed by atoms with Gasteiger partial charge in [0.25, 0.3) is 0 Å². The van der Waals surface area contributed by atoms with Gasteiger partial charge in [0, 0.05) is 20.1 Å². The molecule has 0 radical (unpaired) electrons. The van der Waals surface area contributed by atoms with Gasteiger partial charge in [-0.3, -0.25) is 0 Å². The minimum absolute atomic E-state index is 0.241. The first kappa shape index (κ1) is 14.5. The number of piperidine rings is 1. The molecule has 18 heavy (non-hydrogen) atoms. The Morgan fingerprint density at radius 1 is 1.56 bits per heavy atom. The predicted octanol–water partition coefficient (Wildman–Crippen LogP) is 1.80. The molecule has 0 aliphatic carbocycles. The molecule has 102 valence electrons. The van der Waals surface area contributed by atoms with E-state index >= 15 is 0 Å². The van der Waals surface area contributed by atoms with Crippen LogP contribution in [0.5, 0.6) is 0 Å². The molecule has 0 aromatic rings. The number of likely N-dealkylation sites (N-methyl/N-ethyl adjacent to an activating group) is 1. The molecule has 5 nitrogen and oxygen atoms in total. The Kier molecular flexibility index (Phi) is 4.38. The van der Waals surface area contributed by atoms with Crippen LogP contribution in [0.25, 0.3) is 0 Å². The molecule has 0 saturated carbocycles. The van der Waals surface area contributed by atoms with E-state index in [1.54, 1.807) is 13.1 Å². The van der Waals surface area contributed by atoms with Crippen LogP contribution < -0.4 is 0 Å². The van der Waals surface area contributed by atoms with E-state index in [2.05, 4.69) is 6.58 Å². The smallest absolute Gasteiger partial charge is 0.327 e. The van der Waals surface area contributed by atoms with Gasteiger partial charge in [0.1, 0.15) is 6.04 Å². The Morgan fingerprint density at radius 2 is 2.17 bits per heavy atom. The van der Waals surface area contributed by atoms with Gasteiger partial charge in [-0.2, -0.15) is 0 Å². The molecular weight excluding hydrogens is 232 g/mol. The van der Waals surface area contributed by atoms with Crippen molar-refractivity contribution in [3.63, 3.8) is 0 Å². The van der Waals surface area contributed by atoms with Crippen molar-refractivity contribution >= 4 is 12.0 Å². The van der Waals surface area contributed by atoms with Crippen LogP contribution in [0, 0.1) is 5.41 Å². The second-order valence-electron chi connectivity index (χ2n) is 5.48. The predicted molar refractivity (Wildman–Crippen MR) is 69.4 cm³/mol. The summed E-state index contributed by atoms with van der Waals surface area (Å²) in [6, 6.07) is -0.999. The Bertz CT molecular complexity index is 352. The SMILES string of the molecule is C=CCN(C)C(=O)N1CCCC(C)(C)C1C(=O)O. The average molecular weight is 254 g/mol. The third kappa shape index (κ3) is 2.83. The summed E-state index contributed by atoms with van der Waals surface area (Å²) in [6.07, 6.45) is 3.28. The maximum absolute atomic E-state index is 12.2. The highest BCUT2D eigenvalue weighted by Gasteiger charge is 2.45. The number of amides is 2. The number of likely N-dealkylation sites (tertiary alicyclic amines) is 1.